The number of piperidine rings is 1. The normalized spacial score (nSPS) is 30.1. The summed E-state index contributed by atoms with van der Waals surface area (Å²) in [5.74, 6) is -0.442. The number of urea groups is 1. The zero-order valence-corrected chi connectivity index (χ0v) is 23.0. The minimum absolute atomic E-state index is 0.0141. The molecule has 4 aliphatic rings. The number of nitrogens with one attached hydrogen (secondary N) is 2. The summed E-state index contributed by atoms with van der Waals surface area (Å²) in [6.07, 6.45) is 9.89. The summed E-state index contributed by atoms with van der Waals surface area (Å²) < 4.78 is 29.4. The summed E-state index contributed by atoms with van der Waals surface area (Å²) in [6.45, 7) is 4.73. The van der Waals surface area contributed by atoms with Crippen molar-refractivity contribution in [2.45, 2.75) is 95.7 Å². The fraction of sp³-hybridized carbons (Fsp3) is 0.885. The van der Waals surface area contributed by atoms with Crippen molar-refractivity contribution in [1.29, 1.82) is 0 Å². The second-order valence-electron chi connectivity index (χ2n) is 12.3. The van der Waals surface area contributed by atoms with Crippen LogP contribution in [0.4, 0.5) is 4.79 Å². The van der Waals surface area contributed by atoms with Gasteiger partial charge >= 0.3 is 12.0 Å². The highest BCUT2D eigenvalue weighted by Crippen LogP contribution is 2.65. The second-order valence-corrected chi connectivity index (χ2v) is 14.4. The van der Waals surface area contributed by atoms with Crippen LogP contribution in [0, 0.1) is 23.2 Å². The highest BCUT2D eigenvalue weighted by atomic mass is 32.2. The molecule has 0 aromatic rings. The second kappa shape index (κ2) is 10.1. The van der Waals surface area contributed by atoms with Gasteiger partial charge < -0.3 is 20.3 Å². The first-order chi connectivity index (χ1) is 16.9. The summed E-state index contributed by atoms with van der Waals surface area (Å²) in [4.78, 5) is 41.7. The van der Waals surface area contributed by atoms with E-state index in [1.807, 2.05) is 0 Å². The zero-order chi connectivity index (χ0) is 26.3. The predicted molar refractivity (Wildman–Crippen MR) is 136 cm³/mol. The van der Waals surface area contributed by atoms with Gasteiger partial charge in [0, 0.05) is 18.7 Å². The molecule has 4 rings (SSSR count). The number of fused-ring (bicyclic) bond motifs is 1. The molecular weight excluding hydrogens is 482 g/mol. The van der Waals surface area contributed by atoms with Crippen molar-refractivity contribution < 1.29 is 27.5 Å². The fourth-order valence-electron chi connectivity index (χ4n) is 7.38. The molecule has 0 bridgehead atoms. The van der Waals surface area contributed by atoms with Gasteiger partial charge in [0.25, 0.3) is 0 Å². The van der Waals surface area contributed by atoms with Crippen molar-refractivity contribution in [1.82, 2.24) is 15.5 Å². The van der Waals surface area contributed by atoms with Crippen molar-refractivity contribution in [2.75, 3.05) is 25.7 Å². The highest BCUT2D eigenvalue weighted by Gasteiger charge is 2.70. The van der Waals surface area contributed by atoms with Gasteiger partial charge in [-0.1, -0.05) is 52.4 Å². The first-order valence-electron chi connectivity index (χ1n) is 13.5. The molecule has 4 fully saturated rings. The van der Waals surface area contributed by atoms with E-state index in [1.165, 1.54) is 13.4 Å². The lowest BCUT2D eigenvalue weighted by Gasteiger charge is -2.39. The number of carbonyl (C=O) groups is 3. The third-order valence-corrected chi connectivity index (χ3v) is 10.4. The Morgan fingerprint density at radius 2 is 1.64 bits per heavy atom. The van der Waals surface area contributed by atoms with Gasteiger partial charge in [0.1, 0.15) is 21.9 Å². The molecule has 1 heterocycles. The lowest BCUT2D eigenvalue weighted by atomic mass is 9.82. The molecular formula is C26H43N3O6S. The monoisotopic (exact) mass is 525 g/mol. The van der Waals surface area contributed by atoms with E-state index >= 15 is 0 Å². The minimum atomic E-state index is -3.31. The Hall–Kier alpha value is -1.84. The van der Waals surface area contributed by atoms with E-state index < -0.39 is 39.5 Å². The number of carbonyl (C=O) groups excluding carboxylic acids is 3. The molecule has 0 spiro atoms. The Kier molecular flexibility index (Phi) is 7.66. The highest BCUT2D eigenvalue weighted by molar-refractivity contribution is 7.90. The van der Waals surface area contributed by atoms with Gasteiger partial charge in [-0.05, 0) is 42.9 Å². The number of methoxy groups -OCH3 is 1. The molecule has 0 radical (unpaired) electrons. The average molecular weight is 526 g/mol. The number of likely N-dealkylation sites (tertiary alicyclic amines) is 1. The number of hydrogen-bond donors (Lipinski definition) is 2. The molecule has 1 aliphatic heterocycles. The van der Waals surface area contributed by atoms with Crippen molar-refractivity contribution in [2.24, 2.45) is 23.2 Å². The van der Waals surface area contributed by atoms with Crippen LogP contribution >= 0.6 is 0 Å². The lowest BCUT2D eigenvalue weighted by molar-refractivity contribution is -0.154. The Balaban J connectivity index is 1.53. The van der Waals surface area contributed by atoms with Crippen LogP contribution in [0.3, 0.4) is 0 Å². The molecule has 1 unspecified atom stereocenters. The molecule has 10 heteroatoms. The van der Waals surface area contributed by atoms with Crippen LogP contribution in [-0.2, 0) is 24.2 Å². The molecule has 36 heavy (non-hydrogen) atoms. The molecule has 2 N–H and O–H groups in total. The molecule has 4 atom stereocenters. The molecule has 9 nitrogen and oxygen atoms in total. The van der Waals surface area contributed by atoms with E-state index in [0.717, 1.165) is 51.4 Å². The largest absolute Gasteiger partial charge is 0.467 e. The Morgan fingerprint density at radius 1 is 1.03 bits per heavy atom. The van der Waals surface area contributed by atoms with Gasteiger partial charge in [0.2, 0.25) is 5.91 Å². The molecule has 0 aromatic carbocycles. The van der Waals surface area contributed by atoms with Crippen LogP contribution in [0.2, 0.25) is 0 Å². The molecule has 204 valence electrons. The maximum absolute atomic E-state index is 14.0. The SMILES string of the molecule is COC(=O)[C@@H]1[C@@H]2C(CN1C(=O)[C@@H](NC(=O)NC1(CS(C)(=O)=O)CCCCC1)C1CCCCC1)C2(C)C. The number of amides is 3. The Morgan fingerprint density at radius 3 is 2.22 bits per heavy atom. The standard InChI is InChI=1S/C26H43N3O6S/c1-25(2)18-15-29(21(19(18)25)23(31)35-3)22(30)20(17-11-7-5-8-12-17)27-24(32)28-26(16-36(4,33)34)13-9-6-10-14-26/h17-21H,5-16H2,1-4H3,(H2,27,28,32)/t18?,19-,20-,21-/m0/s1. The van der Waals surface area contributed by atoms with Crippen LogP contribution in [0.25, 0.3) is 0 Å². The lowest BCUT2D eigenvalue weighted by Crippen LogP contribution is -2.62. The van der Waals surface area contributed by atoms with Crippen LogP contribution in [0.1, 0.15) is 78.1 Å². The van der Waals surface area contributed by atoms with E-state index in [1.54, 1.807) is 4.90 Å². The smallest absolute Gasteiger partial charge is 0.328 e. The summed E-state index contributed by atoms with van der Waals surface area (Å²) in [5, 5.41) is 5.95. The number of ether oxygens (including phenoxy) is 1. The van der Waals surface area contributed by atoms with Gasteiger partial charge in [-0.25, -0.2) is 18.0 Å². The van der Waals surface area contributed by atoms with E-state index in [9.17, 15) is 22.8 Å². The van der Waals surface area contributed by atoms with Crippen molar-refractivity contribution >= 4 is 27.7 Å². The number of sulfone groups is 1. The van der Waals surface area contributed by atoms with Crippen LogP contribution in [-0.4, -0.2) is 74.5 Å². The Bertz CT molecular complexity index is 968. The van der Waals surface area contributed by atoms with Crippen LogP contribution in [0.15, 0.2) is 0 Å². The third kappa shape index (κ3) is 5.53. The molecule has 3 saturated carbocycles. The van der Waals surface area contributed by atoms with E-state index in [4.69, 9.17) is 4.74 Å². The number of rotatable bonds is 7. The van der Waals surface area contributed by atoms with Gasteiger partial charge in [-0.15, -0.1) is 0 Å². The van der Waals surface area contributed by atoms with Gasteiger partial charge in [-0.2, -0.15) is 0 Å². The van der Waals surface area contributed by atoms with E-state index in [2.05, 4.69) is 24.5 Å². The van der Waals surface area contributed by atoms with Gasteiger partial charge in [0.15, 0.2) is 0 Å². The molecule has 1 saturated heterocycles. The average Bonchev–Trinajstić information content (AvgIpc) is 3.15. The summed E-state index contributed by atoms with van der Waals surface area (Å²) in [6, 6.07) is -1.88. The minimum Gasteiger partial charge on any atom is -0.467 e. The van der Waals surface area contributed by atoms with E-state index in [-0.39, 0.29) is 34.8 Å². The summed E-state index contributed by atoms with van der Waals surface area (Å²) >= 11 is 0. The molecule has 3 amide bonds. The maximum Gasteiger partial charge on any atom is 0.328 e. The van der Waals surface area contributed by atoms with Gasteiger partial charge in [-0.3, -0.25) is 4.79 Å². The van der Waals surface area contributed by atoms with Crippen molar-refractivity contribution in [3.8, 4) is 0 Å². The third-order valence-electron chi connectivity index (χ3n) is 9.34. The van der Waals surface area contributed by atoms with Crippen molar-refractivity contribution in [3.63, 3.8) is 0 Å². The number of esters is 1. The maximum atomic E-state index is 14.0. The fourth-order valence-corrected chi connectivity index (χ4v) is 8.75. The van der Waals surface area contributed by atoms with Crippen LogP contribution in [0.5, 0.6) is 0 Å². The first-order valence-corrected chi connectivity index (χ1v) is 15.6. The quantitative estimate of drug-likeness (QED) is 0.493. The van der Waals surface area contributed by atoms with Gasteiger partial charge in [0.05, 0.1) is 18.4 Å². The topological polar surface area (TPSA) is 122 Å². The zero-order valence-electron chi connectivity index (χ0n) is 22.2. The van der Waals surface area contributed by atoms with Crippen molar-refractivity contribution in [3.05, 3.63) is 0 Å². The van der Waals surface area contributed by atoms with Crippen LogP contribution < -0.4 is 10.6 Å². The number of hydrogen-bond acceptors (Lipinski definition) is 6. The Labute approximate surface area is 215 Å². The molecule has 3 aliphatic carbocycles. The summed E-state index contributed by atoms with van der Waals surface area (Å²) in [7, 11) is -1.96. The van der Waals surface area contributed by atoms with E-state index in [0.29, 0.717) is 19.4 Å². The number of nitrogens with zero attached hydrogens (tertiary/aromatic N) is 1. The predicted octanol–water partition coefficient (Wildman–Crippen LogP) is 2.64. The summed E-state index contributed by atoms with van der Waals surface area (Å²) in [5.41, 5.74) is -0.830. The first kappa shape index (κ1) is 27.2. The molecule has 0 aromatic heterocycles.